The molecule has 0 atom stereocenters. The Labute approximate surface area is 171 Å². The summed E-state index contributed by atoms with van der Waals surface area (Å²) >= 11 is 0. The maximum atomic E-state index is 13.1. The number of hydrogen-bond donors (Lipinski definition) is 0. The van der Waals surface area contributed by atoms with Gasteiger partial charge in [-0.25, -0.2) is 4.98 Å². The summed E-state index contributed by atoms with van der Waals surface area (Å²) in [5.74, 6) is 1.54. The highest BCUT2D eigenvalue weighted by atomic mass is 16.5. The predicted octanol–water partition coefficient (Wildman–Crippen LogP) is 5.58. The molecule has 3 aromatic rings. The molecule has 1 aromatic heterocycles. The largest absolute Gasteiger partial charge is 0.493 e. The van der Waals surface area contributed by atoms with Crippen LogP contribution in [0.4, 0.5) is 0 Å². The van der Waals surface area contributed by atoms with Crippen molar-refractivity contribution >= 4 is 28.3 Å². The molecule has 1 heterocycles. The molecular formula is C25H25NO3. The van der Waals surface area contributed by atoms with Crippen molar-refractivity contribution in [1.82, 2.24) is 4.98 Å². The Morgan fingerprint density at radius 2 is 1.79 bits per heavy atom. The number of Topliss-reactive ketones (excluding diaryl/α,β-unsaturated/α-hetero) is 1. The van der Waals surface area contributed by atoms with Crippen LogP contribution in [0.5, 0.6) is 11.5 Å². The average Bonchev–Trinajstić information content (AvgIpc) is 3.13. The van der Waals surface area contributed by atoms with E-state index >= 15 is 0 Å². The lowest BCUT2D eigenvalue weighted by atomic mass is 9.92. The standard InChI is InChI=1S/C25H25NO3/c1-15(2)25(27)23-18-7-5-6-8-20(18)26-24-17(10-11-19(23)24)13-16-9-12-21(28-3)22(14-16)29-4/h5-9,12-15H,10-11H2,1-4H3/b17-13+. The Morgan fingerprint density at radius 1 is 1.03 bits per heavy atom. The monoisotopic (exact) mass is 387 g/mol. The maximum Gasteiger partial charge on any atom is 0.166 e. The van der Waals surface area contributed by atoms with Gasteiger partial charge in [0.1, 0.15) is 0 Å². The van der Waals surface area contributed by atoms with Gasteiger partial charge < -0.3 is 9.47 Å². The molecule has 148 valence electrons. The number of para-hydroxylation sites is 1. The first-order valence-electron chi connectivity index (χ1n) is 9.92. The first kappa shape index (κ1) is 19.2. The van der Waals surface area contributed by atoms with E-state index in [0.29, 0.717) is 11.5 Å². The smallest absolute Gasteiger partial charge is 0.166 e. The molecule has 4 heteroatoms. The molecule has 29 heavy (non-hydrogen) atoms. The van der Waals surface area contributed by atoms with Gasteiger partial charge in [-0.15, -0.1) is 0 Å². The number of pyridine rings is 1. The van der Waals surface area contributed by atoms with Gasteiger partial charge in [-0.1, -0.05) is 38.1 Å². The van der Waals surface area contributed by atoms with Crippen LogP contribution in [0.25, 0.3) is 22.6 Å². The molecule has 0 fully saturated rings. The molecule has 2 aromatic carbocycles. The number of benzene rings is 2. The van der Waals surface area contributed by atoms with Gasteiger partial charge in [0.2, 0.25) is 0 Å². The third kappa shape index (κ3) is 3.39. The Bertz CT molecular complexity index is 1130. The van der Waals surface area contributed by atoms with Gasteiger partial charge in [0.15, 0.2) is 17.3 Å². The van der Waals surface area contributed by atoms with Crippen molar-refractivity contribution < 1.29 is 14.3 Å². The summed E-state index contributed by atoms with van der Waals surface area (Å²) in [6, 6.07) is 13.8. The van der Waals surface area contributed by atoms with Crippen molar-refractivity contribution in [2.45, 2.75) is 26.7 Å². The van der Waals surface area contributed by atoms with Crippen molar-refractivity contribution in [2.24, 2.45) is 5.92 Å². The highest BCUT2D eigenvalue weighted by molar-refractivity contribution is 6.11. The molecule has 0 bridgehead atoms. The van der Waals surface area contributed by atoms with Crippen LogP contribution in [-0.4, -0.2) is 25.0 Å². The van der Waals surface area contributed by atoms with E-state index in [1.807, 2.05) is 56.3 Å². The van der Waals surface area contributed by atoms with E-state index in [1.54, 1.807) is 14.2 Å². The summed E-state index contributed by atoms with van der Waals surface area (Å²) in [6.45, 7) is 3.92. The van der Waals surface area contributed by atoms with Gasteiger partial charge in [-0.2, -0.15) is 0 Å². The molecule has 0 amide bonds. The SMILES string of the molecule is COc1ccc(/C=C2\CCc3c2nc2ccccc2c3C(=O)C(C)C)cc1OC. The maximum absolute atomic E-state index is 13.1. The summed E-state index contributed by atoms with van der Waals surface area (Å²) in [5, 5.41) is 0.956. The van der Waals surface area contributed by atoms with Crippen LogP contribution in [0.2, 0.25) is 0 Å². The van der Waals surface area contributed by atoms with Crippen LogP contribution in [-0.2, 0) is 6.42 Å². The molecule has 1 aliphatic rings. The second-order valence-electron chi connectivity index (χ2n) is 7.63. The normalized spacial score (nSPS) is 14.4. The van der Waals surface area contributed by atoms with E-state index in [1.165, 1.54) is 0 Å². The van der Waals surface area contributed by atoms with Crippen molar-refractivity contribution in [3.63, 3.8) is 0 Å². The molecule has 0 aliphatic heterocycles. The predicted molar refractivity (Wildman–Crippen MR) is 117 cm³/mol. The topological polar surface area (TPSA) is 48.4 Å². The molecule has 0 spiro atoms. The summed E-state index contributed by atoms with van der Waals surface area (Å²) in [5.41, 5.74) is 5.91. The number of fused-ring (bicyclic) bond motifs is 2. The Morgan fingerprint density at radius 3 is 2.52 bits per heavy atom. The van der Waals surface area contributed by atoms with Crippen LogP contribution in [0.1, 0.15) is 47.4 Å². The summed E-state index contributed by atoms with van der Waals surface area (Å²) < 4.78 is 10.8. The molecule has 4 nitrogen and oxygen atoms in total. The molecule has 1 aliphatic carbocycles. The van der Waals surface area contributed by atoms with Gasteiger partial charge in [0.25, 0.3) is 0 Å². The van der Waals surface area contributed by atoms with Crippen molar-refractivity contribution in [3.8, 4) is 11.5 Å². The number of rotatable bonds is 5. The van der Waals surface area contributed by atoms with Crippen LogP contribution < -0.4 is 9.47 Å². The first-order valence-corrected chi connectivity index (χ1v) is 9.92. The van der Waals surface area contributed by atoms with Gasteiger partial charge >= 0.3 is 0 Å². The van der Waals surface area contributed by atoms with Crippen LogP contribution in [0.15, 0.2) is 42.5 Å². The number of hydrogen-bond acceptors (Lipinski definition) is 4. The fraction of sp³-hybridized carbons (Fsp3) is 0.280. The lowest BCUT2D eigenvalue weighted by Gasteiger charge is -2.13. The number of ether oxygens (including phenoxy) is 2. The fourth-order valence-electron chi connectivity index (χ4n) is 3.99. The minimum atomic E-state index is -0.0521. The first-order chi connectivity index (χ1) is 14.0. The second-order valence-corrected chi connectivity index (χ2v) is 7.63. The van der Waals surface area contributed by atoms with E-state index in [0.717, 1.165) is 51.7 Å². The Hall–Kier alpha value is -3.14. The highest BCUT2D eigenvalue weighted by Gasteiger charge is 2.27. The quantitative estimate of drug-likeness (QED) is 0.537. The number of nitrogens with zero attached hydrogens (tertiary/aromatic N) is 1. The molecule has 0 unspecified atom stereocenters. The fourth-order valence-corrected chi connectivity index (χ4v) is 3.99. The number of aromatic nitrogens is 1. The zero-order chi connectivity index (χ0) is 20.5. The van der Waals surface area contributed by atoms with Gasteiger partial charge in [-0.3, -0.25) is 4.79 Å². The number of carbonyl (C=O) groups excluding carboxylic acids is 1. The Balaban J connectivity index is 1.87. The Kier molecular flexibility index (Phi) is 5.10. The molecule has 0 radical (unpaired) electrons. The second kappa shape index (κ2) is 7.70. The van der Waals surface area contributed by atoms with E-state index in [-0.39, 0.29) is 11.7 Å². The van der Waals surface area contributed by atoms with Crippen LogP contribution >= 0.6 is 0 Å². The number of methoxy groups -OCH3 is 2. The zero-order valence-corrected chi connectivity index (χ0v) is 17.3. The summed E-state index contributed by atoms with van der Waals surface area (Å²) in [6.07, 6.45) is 3.84. The molecular weight excluding hydrogens is 362 g/mol. The average molecular weight is 387 g/mol. The number of carbonyl (C=O) groups is 1. The highest BCUT2D eigenvalue weighted by Crippen LogP contribution is 2.39. The minimum Gasteiger partial charge on any atom is -0.493 e. The van der Waals surface area contributed by atoms with Crippen molar-refractivity contribution in [1.29, 1.82) is 0 Å². The van der Waals surface area contributed by atoms with Gasteiger partial charge in [-0.05, 0) is 53.8 Å². The third-order valence-electron chi connectivity index (χ3n) is 5.46. The lowest BCUT2D eigenvalue weighted by Crippen LogP contribution is -2.12. The van der Waals surface area contributed by atoms with Crippen molar-refractivity contribution in [2.75, 3.05) is 14.2 Å². The van der Waals surface area contributed by atoms with Crippen LogP contribution in [0, 0.1) is 5.92 Å². The van der Waals surface area contributed by atoms with E-state index in [2.05, 4.69) is 6.08 Å². The van der Waals surface area contributed by atoms with Gasteiger partial charge in [0, 0.05) is 16.9 Å². The third-order valence-corrected chi connectivity index (χ3v) is 5.46. The van der Waals surface area contributed by atoms with E-state index < -0.39 is 0 Å². The van der Waals surface area contributed by atoms with E-state index in [9.17, 15) is 4.79 Å². The van der Waals surface area contributed by atoms with Gasteiger partial charge in [0.05, 0.1) is 25.4 Å². The molecule has 0 N–H and O–H groups in total. The molecule has 0 saturated carbocycles. The van der Waals surface area contributed by atoms with Crippen LogP contribution in [0.3, 0.4) is 0 Å². The zero-order valence-electron chi connectivity index (χ0n) is 17.3. The number of ketones is 1. The molecule has 0 saturated heterocycles. The number of allylic oxidation sites excluding steroid dienone is 1. The molecule has 4 rings (SSSR count). The summed E-state index contributed by atoms with van der Waals surface area (Å²) in [4.78, 5) is 18.0. The van der Waals surface area contributed by atoms with E-state index in [4.69, 9.17) is 14.5 Å². The summed E-state index contributed by atoms with van der Waals surface area (Å²) in [7, 11) is 3.27. The van der Waals surface area contributed by atoms with Crippen molar-refractivity contribution in [3.05, 3.63) is 64.8 Å². The minimum absolute atomic E-state index is 0.0521. The lowest BCUT2D eigenvalue weighted by molar-refractivity contribution is 0.0940.